The smallest absolute Gasteiger partial charge is 0.258 e. The topological polar surface area (TPSA) is 48.2 Å². The molecule has 0 saturated heterocycles. The first-order valence-corrected chi connectivity index (χ1v) is 10.3. The lowest BCUT2D eigenvalue weighted by Crippen LogP contribution is -2.33. The van der Waals surface area contributed by atoms with E-state index in [1.807, 2.05) is 42.5 Å². The van der Waals surface area contributed by atoms with Gasteiger partial charge in [0.1, 0.15) is 12.4 Å². The molecule has 1 N–H and O–H groups in total. The van der Waals surface area contributed by atoms with Crippen LogP contribution in [0.2, 0.25) is 0 Å². The van der Waals surface area contributed by atoms with Gasteiger partial charge < -0.3 is 14.6 Å². The Hall–Kier alpha value is -3.31. The molecule has 2 aromatic carbocycles. The van der Waals surface area contributed by atoms with E-state index in [0.29, 0.717) is 18.4 Å². The number of rotatable bonds is 4. The number of ether oxygens (including phenoxy) is 1. The number of aromatic nitrogens is 2. The average Bonchev–Trinajstić information content (AvgIpc) is 3.04. The van der Waals surface area contributed by atoms with Gasteiger partial charge in [0.15, 0.2) is 0 Å². The minimum atomic E-state index is -0.103. The Labute approximate surface area is 175 Å². The van der Waals surface area contributed by atoms with Gasteiger partial charge in [0, 0.05) is 49.4 Å². The van der Waals surface area contributed by atoms with Crippen molar-refractivity contribution in [1.29, 1.82) is 0 Å². The van der Waals surface area contributed by atoms with Crippen molar-refractivity contribution in [2.24, 2.45) is 7.05 Å². The molecular weight excluding hydrogens is 374 g/mol. The molecule has 1 aliphatic rings. The quantitative estimate of drug-likeness (QED) is 0.565. The summed E-state index contributed by atoms with van der Waals surface area (Å²) < 4.78 is 9.73. The molecule has 0 aliphatic carbocycles. The van der Waals surface area contributed by atoms with Crippen molar-refractivity contribution >= 4 is 10.9 Å². The van der Waals surface area contributed by atoms with Gasteiger partial charge in [-0.1, -0.05) is 36.4 Å². The number of nitrogens with one attached hydrogen (secondary N) is 1. The molecule has 5 nitrogen and oxygen atoms in total. The summed E-state index contributed by atoms with van der Waals surface area (Å²) >= 11 is 0. The molecule has 1 atom stereocenters. The SMILES string of the molecule is CC1Cc2c(c3ccc(-n4ccc(OCc5ccccc5)cc4=O)cc3n2C)CN1. The van der Waals surface area contributed by atoms with E-state index in [1.165, 1.54) is 16.6 Å². The molecule has 0 bridgehead atoms. The third kappa shape index (κ3) is 3.31. The normalized spacial score (nSPS) is 15.9. The lowest BCUT2D eigenvalue weighted by Gasteiger charge is -2.21. The summed E-state index contributed by atoms with van der Waals surface area (Å²) in [6.07, 6.45) is 2.81. The Morgan fingerprint density at radius 3 is 2.73 bits per heavy atom. The zero-order valence-corrected chi connectivity index (χ0v) is 17.3. The summed E-state index contributed by atoms with van der Waals surface area (Å²) in [5.74, 6) is 0.579. The van der Waals surface area contributed by atoms with E-state index < -0.39 is 0 Å². The molecule has 0 radical (unpaired) electrons. The predicted octanol–water partition coefficient (Wildman–Crippen LogP) is 3.94. The lowest BCUT2D eigenvalue weighted by atomic mass is 10.0. The summed E-state index contributed by atoms with van der Waals surface area (Å²) in [6.45, 7) is 3.55. The number of nitrogens with zero attached hydrogens (tertiary/aromatic N) is 2. The van der Waals surface area contributed by atoms with Crippen LogP contribution in [0.25, 0.3) is 16.6 Å². The highest BCUT2D eigenvalue weighted by molar-refractivity contribution is 5.87. The number of hydrogen-bond acceptors (Lipinski definition) is 3. The van der Waals surface area contributed by atoms with Gasteiger partial charge in [-0.15, -0.1) is 0 Å². The standard InChI is InChI=1S/C25H25N3O2/c1-17-12-23-22(15-26-17)21-9-8-19(13-24(21)27(23)2)28-11-10-20(14-25(28)29)30-16-18-6-4-3-5-7-18/h3-11,13-14,17,26H,12,15-16H2,1-2H3. The molecule has 0 saturated carbocycles. The van der Waals surface area contributed by atoms with E-state index >= 15 is 0 Å². The molecule has 0 spiro atoms. The van der Waals surface area contributed by atoms with Crippen molar-refractivity contribution in [3.05, 3.63) is 94.0 Å². The van der Waals surface area contributed by atoms with Gasteiger partial charge in [0.2, 0.25) is 0 Å². The van der Waals surface area contributed by atoms with Crippen molar-refractivity contribution in [3.8, 4) is 11.4 Å². The molecule has 4 aromatic rings. The van der Waals surface area contributed by atoms with Gasteiger partial charge in [-0.25, -0.2) is 0 Å². The molecular formula is C25H25N3O2. The van der Waals surface area contributed by atoms with Crippen LogP contribution in [0.4, 0.5) is 0 Å². The second kappa shape index (κ2) is 7.50. The minimum Gasteiger partial charge on any atom is -0.489 e. The van der Waals surface area contributed by atoms with Crippen LogP contribution < -0.4 is 15.6 Å². The van der Waals surface area contributed by atoms with Gasteiger partial charge >= 0.3 is 0 Å². The Morgan fingerprint density at radius 1 is 1.10 bits per heavy atom. The second-order valence-corrected chi connectivity index (χ2v) is 8.02. The fourth-order valence-electron chi connectivity index (χ4n) is 4.31. The van der Waals surface area contributed by atoms with Crippen LogP contribution in [0.3, 0.4) is 0 Å². The maximum Gasteiger partial charge on any atom is 0.258 e. The van der Waals surface area contributed by atoms with E-state index in [9.17, 15) is 4.79 Å². The fraction of sp³-hybridized carbons (Fsp3) is 0.240. The van der Waals surface area contributed by atoms with Crippen LogP contribution in [-0.2, 0) is 26.6 Å². The van der Waals surface area contributed by atoms with Crippen molar-refractivity contribution in [2.75, 3.05) is 0 Å². The van der Waals surface area contributed by atoms with Gasteiger partial charge in [-0.05, 0) is 36.2 Å². The van der Waals surface area contributed by atoms with E-state index in [1.54, 1.807) is 16.8 Å². The summed E-state index contributed by atoms with van der Waals surface area (Å²) in [4.78, 5) is 12.8. The highest BCUT2D eigenvalue weighted by atomic mass is 16.5. The van der Waals surface area contributed by atoms with Crippen LogP contribution >= 0.6 is 0 Å². The molecule has 5 rings (SSSR count). The summed E-state index contributed by atoms with van der Waals surface area (Å²) in [5.41, 5.74) is 5.74. The van der Waals surface area contributed by atoms with Crippen LogP contribution in [0.1, 0.15) is 23.7 Å². The monoisotopic (exact) mass is 399 g/mol. The molecule has 0 amide bonds. The number of pyridine rings is 1. The maximum absolute atomic E-state index is 12.8. The van der Waals surface area contributed by atoms with E-state index in [0.717, 1.165) is 29.7 Å². The zero-order chi connectivity index (χ0) is 20.7. The average molecular weight is 399 g/mol. The molecule has 3 heterocycles. The van der Waals surface area contributed by atoms with Crippen LogP contribution in [0.15, 0.2) is 71.7 Å². The number of hydrogen-bond donors (Lipinski definition) is 1. The number of aryl methyl sites for hydroxylation is 1. The van der Waals surface area contributed by atoms with Gasteiger partial charge in [-0.3, -0.25) is 9.36 Å². The van der Waals surface area contributed by atoms with E-state index in [2.05, 4.69) is 36.0 Å². The highest BCUT2D eigenvalue weighted by Crippen LogP contribution is 2.30. The van der Waals surface area contributed by atoms with Gasteiger partial charge in [0.25, 0.3) is 5.56 Å². The van der Waals surface area contributed by atoms with Crippen molar-refractivity contribution < 1.29 is 4.74 Å². The molecule has 5 heteroatoms. The Balaban J connectivity index is 1.45. The van der Waals surface area contributed by atoms with Crippen molar-refractivity contribution in [1.82, 2.24) is 14.5 Å². The van der Waals surface area contributed by atoms with Crippen molar-refractivity contribution in [3.63, 3.8) is 0 Å². The third-order valence-electron chi connectivity index (χ3n) is 5.97. The Bertz CT molecular complexity index is 1270. The van der Waals surface area contributed by atoms with Crippen LogP contribution in [-0.4, -0.2) is 15.2 Å². The third-order valence-corrected chi connectivity index (χ3v) is 5.97. The maximum atomic E-state index is 12.8. The molecule has 1 unspecified atom stereocenters. The summed E-state index contributed by atoms with van der Waals surface area (Å²) in [6, 6.07) is 20.1. The molecule has 0 fully saturated rings. The Kier molecular flexibility index (Phi) is 4.68. The minimum absolute atomic E-state index is 0.103. The highest BCUT2D eigenvalue weighted by Gasteiger charge is 2.21. The molecule has 152 valence electrons. The summed E-state index contributed by atoms with van der Waals surface area (Å²) in [5, 5.41) is 4.80. The lowest BCUT2D eigenvalue weighted by molar-refractivity contribution is 0.305. The molecule has 30 heavy (non-hydrogen) atoms. The number of benzene rings is 2. The number of fused-ring (bicyclic) bond motifs is 3. The molecule has 2 aromatic heterocycles. The Morgan fingerprint density at radius 2 is 1.93 bits per heavy atom. The van der Waals surface area contributed by atoms with E-state index in [-0.39, 0.29) is 5.56 Å². The van der Waals surface area contributed by atoms with Crippen LogP contribution in [0.5, 0.6) is 5.75 Å². The first-order valence-electron chi connectivity index (χ1n) is 10.3. The first kappa shape index (κ1) is 18.7. The van der Waals surface area contributed by atoms with E-state index in [4.69, 9.17) is 4.74 Å². The summed E-state index contributed by atoms with van der Waals surface area (Å²) in [7, 11) is 2.12. The van der Waals surface area contributed by atoms with Crippen molar-refractivity contribution in [2.45, 2.75) is 32.5 Å². The van der Waals surface area contributed by atoms with Gasteiger partial charge in [0.05, 0.1) is 11.2 Å². The largest absolute Gasteiger partial charge is 0.489 e. The zero-order valence-electron chi connectivity index (χ0n) is 17.3. The van der Waals surface area contributed by atoms with Crippen LogP contribution in [0, 0.1) is 0 Å². The van der Waals surface area contributed by atoms with Gasteiger partial charge in [-0.2, -0.15) is 0 Å². The molecule has 1 aliphatic heterocycles. The fourth-order valence-corrected chi connectivity index (χ4v) is 4.31. The predicted molar refractivity (Wildman–Crippen MR) is 119 cm³/mol. The first-order chi connectivity index (χ1) is 14.6. The second-order valence-electron chi connectivity index (χ2n) is 8.02.